The van der Waals surface area contributed by atoms with Crippen molar-refractivity contribution in [2.75, 3.05) is 19.8 Å². The van der Waals surface area contributed by atoms with Crippen molar-refractivity contribution in [1.29, 1.82) is 0 Å². The molecule has 1 N–H and O–H groups in total. The first-order valence-electron chi connectivity index (χ1n) is 6.34. The molecule has 4 nitrogen and oxygen atoms in total. The predicted molar refractivity (Wildman–Crippen MR) is 75.5 cm³/mol. The zero-order valence-electron chi connectivity index (χ0n) is 11.3. The van der Waals surface area contributed by atoms with Crippen LogP contribution < -0.4 is 4.74 Å². The van der Waals surface area contributed by atoms with Gasteiger partial charge in [-0.15, -0.1) is 0 Å². The predicted octanol–water partition coefficient (Wildman–Crippen LogP) is 2.34. The van der Waals surface area contributed by atoms with Gasteiger partial charge >= 0.3 is 0 Å². The van der Waals surface area contributed by atoms with Gasteiger partial charge < -0.3 is 14.7 Å². The lowest BCUT2D eigenvalue weighted by atomic mass is 10.2. The van der Waals surface area contributed by atoms with Crippen LogP contribution in [0.4, 0.5) is 0 Å². The molecule has 0 atom stereocenters. The summed E-state index contributed by atoms with van der Waals surface area (Å²) in [6, 6.07) is 7.23. The van der Waals surface area contributed by atoms with E-state index in [0.29, 0.717) is 17.3 Å². The summed E-state index contributed by atoms with van der Waals surface area (Å²) in [7, 11) is 0. The topological polar surface area (TPSA) is 49.8 Å². The summed E-state index contributed by atoms with van der Waals surface area (Å²) in [6.07, 6.45) is 0.267. The van der Waals surface area contributed by atoms with Crippen LogP contribution in [0.2, 0.25) is 5.02 Å². The third-order valence-electron chi connectivity index (χ3n) is 2.69. The Labute approximate surface area is 118 Å². The molecule has 0 fully saturated rings. The minimum atomic E-state index is -0.0324. The molecule has 0 aliphatic carbocycles. The number of halogens is 1. The average molecular weight is 286 g/mol. The fourth-order valence-corrected chi connectivity index (χ4v) is 1.92. The summed E-state index contributed by atoms with van der Waals surface area (Å²) in [5, 5.41) is 9.47. The standard InChI is InChI=1S/C14H20ClNO3/c1-11(2)16(8-9-17)14(18)7-10-19-13-6-4-3-5-12(13)15/h3-6,11,17H,7-10H2,1-2H3. The van der Waals surface area contributed by atoms with Gasteiger partial charge in [0.15, 0.2) is 0 Å². The molecule has 0 unspecified atom stereocenters. The smallest absolute Gasteiger partial charge is 0.226 e. The first-order chi connectivity index (χ1) is 9.06. The Hall–Kier alpha value is -1.26. The van der Waals surface area contributed by atoms with Crippen LogP contribution in [0.3, 0.4) is 0 Å². The first-order valence-corrected chi connectivity index (χ1v) is 6.71. The second kappa shape index (κ2) is 8.02. The first kappa shape index (κ1) is 15.8. The van der Waals surface area contributed by atoms with Crippen LogP contribution >= 0.6 is 11.6 Å². The molecule has 0 aromatic heterocycles. The van der Waals surface area contributed by atoms with Gasteiger partial charge in [-0.3, -0.25) is 4.79 Å². The molecule has 106 valence electrons. The molecule has 5 heteroatoms. The normalized spacial score (nSPS) is 10.6. The van der Waals surface area contributed by atoms with E-state index in [0.717, 1.165) is 0 Å². The Morgan fingerprint density at radius 2 is 2.11 bits per heavy atom. The van der Waals surface area contributed by atoms with E-state index in [-0.39, 0.29) is 31.6 Å². The van der Waals surface area contributed by atoms with E-state index in [1.807, 2.05) is 26.0 Å². The van der Waals surface area contributed by atoms with Gasteiger partial charge in [-0.05, 0) is 26.0 Å². The summed E-state index contributed by atoms with van der Waals surface area (Å²) >= 11 is 5.95. The van der Waals surface area contributed by atoms with Crippen LogP contribution in [0.25, 0.3) is 0 Å². The van der Waals surface area contributed by atoms with Crippen molar-refractivity contribution in [3.63, 3.8) is 0 Å². The lowest BCUT2D eigenvalue weighted by molar-refractivity contribution is -0.133. The van der Waals surface area contributed by atoms with E-state index in [1.54, 1.807) is 17.0 Å². The molecular weight excluding hydrogens is 266 g/mol. The Kier molecular flexibility index (Phi) is 6.67. The molecule has 1 aromatic carbocycles. The number of hydrogen-bond acceptors (Lipinski definition) is 3. The number of para-hydroxylation sites is 1. The molecule has 1 rings (SSSR count). The molecular formula is C14H20ClNO3. The quantitative estimate of drug-likeness (QED) is 0.836. The number of hydrogen-bond donors (Lipinski definition) is 1. The van der Waals surface area contributed by atoms with E-state index in [4.69, 9.17) is 21.4 Å². The molecule has 0 saturated carbocycles. The van der Waals surface area contributed by atoms with Gasteiger partial charge in [-0.25, -0.2) is 0 Å². The van der Waals surface area contributed by atoms with Crippen molar-refractivity contribution in [2.24, 2.45) is 0 Å². The highest BCUT2D eigenvalue weighted by Crippen LogP contribution is 2.23. The lowest BCUT2D eigenvalue weighted by Crippen LogP contribution is -2.39. The third kappa shape index (κ3) is 5.09. The minimum Gasteiger partial charge on any atom is -0.491 e. The Bertz CT molecular complexity index is 409. The summed E-state index contributed by atoms with van der Waals surface area (Å²) in [6.45, 7) is 4.43. The monoisotopic (exact) mass is 285 g/mol. The summed E-state index contributed by atoms with van der Waals surface area (Å²) in [5.74, 6) is 0.548. The highest BCUT2D eigenvalue weighted by Gasteiger charge is 2.16. The summed E-state index contributed by atoms with van der Waals surface area (Å²) < 4.78 is 5.47. The Morgan fingerprint density at radius 1 is 1.42 bits per heavy atom. The van der Waals surface area contributed by atoms with Crippen LogP contribution in [-0.4, -0.2) is 41.7 Å². The Balaban J connectivity index is 2.44. The van der Waals surface area contributed by atoms with Crippen molar-refractivity contribution in [2.45, 2.75) is 26.3 Å². The fourth-order valence-electron chi connectivity index (χ4n) is 1.73. The van der Waals surface area contributed by atoms with Crippen molar-refractivity contribution >= 4 is 17.5 Å². The number of benzene rings is 1. The van der Waals surface area contributed by atoms with Gasteiger partial charge in [0, 0.05) is 12.6 Å². The molecule has 1 amide bonds. The SMILES string of the molecule is CC(C)N(CCO)C(=O)CCOc1ccccc1Cl. The molecule has 0 radical (unpaired) electrons. The van der Waals surface area contributed by atoms with Crippen LogP contribution in [-0.2, 0) is 4.79 Å². The van der Waals surface area contributed by atoms with Gasteiger partial charge in [-0.1, -0.05) is 23.7 Å². The van der Waals surface area contributed by atoms with Gasteiger partial charge in [0.1, 0.15) is 5.75 Å². The van der Waals surface area contributed by atoms with Crippen molar-refractivity contribution < 1.29 is 14.6 Å². The van der Waals surface area contributed by atoms with Crippen LogP contribution in [0.15, 0.2) is 24.3 Å². The van der Waals surface area contributed by atoms with E-state index in [9.17, 15) is 4.79 Å². The van der Waals surface area contributed by atoms with E-state index in [1.165, 1.54) is 0 Å². The number of amides is 1. The zero-order chi connectivity index (χ0) is 14.3. The van der Waals surface area contributed by atoms with Crippen LogP contribution in [0.1, 0.15) is 20.3 Å². The zero-order valence-corrected chi connectivity index (χ0v) is 12.1. The number of nitrogens with zero attached hydrogens (tertiary/aromatic N) is 1. The average Bonchev–Trinajstić information content (AvgIpc) is 2.37. The number of aliphatic hydroxyl groups excluding tert-OH is 1. The molecule has 0 bridgehead atoms. The van der Waals surface area contributed by atoms with Crippen LogP contribution in [0, 0.1) is 0 Å². The van der Waals surface area contributed by atoms with Gasteiger partial charge in [0.2, 0.25) is 5.91 Å². The fraction of sp³-hybridized carbons (Fsp3) is 0.500. The van der Waals surface area contributed by atoms with Gasteiger partial charge in [0.25, 0.3) is 0 Å². The maximum absolute atomic E-state index is 12.0. The van der Waals surface area contributed by atoms with Crippen LogP contribution in [0.5, 0.6) is 5.75 Å². The largest absolute Gasteiger partial charge is 0.491 e. The number of carbonyl (C=O) groups excluding carboxylic acids is 1. The molecule has 0 aliphatic rings. The van der Waals surface area contributed by atoms with Gasteiger partial charge in [-0.2, -0.15) is 0 Å². The molecule has 0 spiro atoms. The van der Waals surface area contributed by atoms with Crippen molar-refractivity contribution in [3.8, 4) is 5.75 Å². The highest BCUT2D eigenvalue weighted by molar-refractivity contribution is 6.32. The van der Waals surface area contributed by atoms with Gasteiger partial charge in [0.05, 0.1) is 24.7 Å². The third-order valence-corrected chi connectivity index (χ3v) is 3.01. The molecule has 19 heavy (non-hydrogen) atoms. The maximum atomic E-state index is 12.0. The molecule has 1 aromatic rings. The Morgan fingerprint density at radius 3 is 2.68 bits per heavy atom. The lowest BCUT2D eigenvalue weighted by Gasteiger charge is -2.26. The number of carbonyl (C=O) groups is 1. The second-order valence-electron chi connectivity index (χ2n) is 4.43. The summed E-state index contributed by atoms with van der Waals surface area (Å²) in [4.78, 5) is 13.6. The van der Waals surface area contributed by atoms with E-state index < -0.39 is 0 Å². The van der Waals surface area contributed by atoms with E-state index >= 15 is 0 Å². The van der Waals surface area contributed by atoms with Crippen molar-refractivity contribution in [1.82, 2.24) is 4.90 Å². The second-order valence-corrected chi connectivity index (χ2v) is 4.84. The highest BCUT2D eigenvalue weighted by atomic mass is 35.5. The molecule has 0 aliphatic heterocycles. The number of aliphatic hydroxyl groups is 1. The number of rotatable bonds is 7. The maximum Gasteiger partial charge on any atom is 0.226 e. The molecule has 0 heterocycles. The molecule has 0 saturated heterocycles. The number of ether oxygens (including phenoxy) is 1. The minimum absolute atomic E-state index is 0.0314. The summed E-state index contributed by atoms with van der Waals surface area (Å²) in [5.41, 5.74) is 0. The van der Waals surface area contributed by atoms with Crippen molar-refractivity contribution in [3.05, 3.63) is 29.3 Å². The van der Waals surface area contributed by atoms with E-state index in [2.05, 4.69) is 0 Å².